The van der Waals surface area contributed by atoms with Crippen molar-refractivity contribution in [3.63, 3.8) is 0 Å². The molecule has 1 aromatic rings. The molecular formula is C8H12FNO3. The van der Waals surface area contributed by atoms with Gasteiger partial charge in [-0.2, -0.15) is 0 Å². The molecule has 0 heterocycles. The monoisotopic (exact) mass is 189 g/mol. The summed E-state index contributed by atoms with van der Waals surface area (Å²) in [5.41, 5.74) is 0. The van der Waals surface area contributed by atoms with Crippen molar-refractivity contribution in [2.24, 2.45) is 0 Å². The second-order valence-electron chi connectivity index (χ2n) is 1.78. The molecule has 0 amide bonds. The molecule has 0 spiro atoms. The minimum absolute atomic E-state index is 0.322. The van der Waals surface area contributed by atoms with Gasteiger partial charge in [0, 0.05) is 4.92 Å². The van der Waals surface area contributed by atoms with E-state index in [1.165, 1.54) is 0 Å². The van der Waals surface area contributed by atoms with Crippen molar-refractivity contribution < 1.29 is 14.4 Å². The first-order valence-electron chi connectivity index (χ1n) is 3.32. The van der Waals surface area contributed by atoms with Crippen LogP contribution in [0.15, 0.2) is 30.3 Å². The Labute approximate surface area is 75.8 Å². The lowest BCUT2D eigenvalue weighted by Gasteiger charge is -1.82. The Morgan fingerprint density at radius 1 is 1.31 bits per heavy atom. The summed E-state index contributed by atoms with van der Waals surface area (Å²) in [6, 6.07) is 8.71. The summed E-state index contributed by atoms with van der Waals surface area (Å²) in [7, 11) is 1.39. The van der Waals surface area contributed by atoms with E-state index < -0.39 is 4.92 Å². The van der Waals surface area contributed by atoms with Crippen LogP contribution < -0.4 is 0 Å². The van der Waals surface area contributed by atoms with E-state index in [-0.39, 0.29) is 0 Å². The Kier molecular flexibility index (Phi) is 11.1. The predicted octanol–water partition coefficient (Wildman–Crippen LogP) is 1.87. The number of alkyl halides is 1. The fraction of sp³-hybridized carbons (Fsp3) is 0.250. The summed E-state index contributed by atoms with van der Waals surface area (Å²) in [4.78, 5) is 8.31. The van der Waals surface area contributed by atoms with Gasteiger partial charge in [-0.05, 0) is 12.1 Å². The maximum Gasteiger partial charge on any atom is 0.194 e. The van der Waals surface area contributed by atoms with Gasteiger partial charge in [-0.25, -0.2) is 0 Å². The Morgan fingerprint density at radius 2 is 1.62 bits per heavy atom. The zero-order chi connectivity index (χ0) is 10.7. The average Bonchev–Trinajstić information content (AvgIpc) is 2.08. The van der Waals surface area contributed by atoms with Gasteiger partial charge >= 0.3 is 0 Å². The van der Waals surface area contributed by atoms with E-state index in [1.54, 1.807) is 24.3 Å². The number of aromatic hydroxyl groups is 1. The van der Waals surface area contributed by atoms with Gasteiger partial charge in [-0.15, -0.1) is 0 Å². The molecule has 74 valence electrons. The third-order valence-corrected chi connectivity index (χ3v) is 0.756. The summed E-state index contributed by atoms with van der Waals surface area (Å²) < 4.78 is 9.50. The molecule has 0 bridgehead atoms. The number of nitrogens with zero attached hydrogens (tertiary/aromatic N) is 1. The summed E-state index contributed by atoms with van der Waals surface area (Å²) in [5, 5.41) is 17.4. The van der Waals surface area contributed by atoms with Gasteiger partial charge in [0.2, 0.25) is 0 Å². The van der Waals surface area contributed by atoms with Crippen LogP contribution in [0.25, 0.3) is 0 Å². The molecule has 0 aliphatic heterocycles. The van der Waals surface area contributed by atoms with E-state index in [1.807, 2.05) is 6.07 Å². The van der Waals surface area contributed by atoms with Crippen LogP contribution in [-0.2, 0) is 0 Å². The summed E-state index contributed by atoms with van der Waals surface area (Å²) >= 11 is 0. The molecule has 4 nitrogen and oxygen atoms in total. The first-order chi connectivity index (χ1) is 6.13. The van der Waals surface area contributed by atoms with Crippen LogP contribution in [0, 0.1) is 10.1 Å². The largest absolute Gasteiger partial charge is 0.508 e. The van der Waals surface area contributed by atoms with Crippen molar-refractivity contribution in [2.75, 3.05) is 14.2 Å². The van der Waals surface area contributed by atoms with Gasteiger partial charge in [0.05, 0.1) is 7.18 Å². The maximum absolute atomic E-state index is 9.50. The third-order valence-electron chi connectivity index (χ3n) is 0.756. The Bertz CT molecular complexity index is 212. The van der Waals surface area contributed by atoms with Crippen LogP contribution in [0.2, 0.25) is 0 Å². The lowest BCUT2D eigenvalue weighted by atomic mass is 10.3. The number of nitro groups is 1. The van der Waals surface area contributed by atoms with E-state index in [0.717, 1.165) is 7.05 Å². The minimum Gasteiger partial charge on any atom is -0.508 e. The van der Waals surface area contributed by atoms with Gasteiger partial charge < -0.3 is 5.11 Å². The zero-order valence-electron chi connectivity index (χ0n) is 7.48. The molecule has 13 heavy (non-hydrogen) atoms. The molecule has 1 aromatic carbocycles. The molecule has 0 radical (unpaired) electrons. The summed E-state index contributed by atoms with van der Waals surface area (Å²) in [6.45, 7) is 0. The van der Waals surface area contributed by atoms with Crippen LogP contribution >= 0.6 is 0 Å². The standard InChI is InChI=1S/C6H6O.CH3F.CH3NO2/c7-6-4-2-1-3-5-6;1-2;1-2(3)4/h1-5,7H;1H3;1H3. The quantitative estimate of drug-likeness (QED) is 0.500. The molecule has 0 atom stereocenters. The third kappa shape index (κ3) is 17.9. The van der Waals surface area contributed by atoms with Crippen molar-refractivity contribution >= 4 is 0 Å². The highest BCUT2D eigenvalue weighted by atomic mass is 19.1. The number of para-hydroxylation sites is 1. The lowest BCUT2D eigenvalue weighted by Crippen LogP contribution is -1.79. The van der Waals surface area contributed by atoms with Gasteiger partial charge in [-0.1, -0.05) is 18.2 Å². The second kappa shape index (κ2) is 10.3. The van der Waals surface area contributed by atoms with Crippen LogP contribution in [0.1, 0.15) is 0 Å². The van der Waals surface area contributed by atoms with Crippen LogP contribution in [0.4, 0.5) is 4.39 Å². The normalized spacial score (nSPS) is 7.00. The second-order valence-corrected chi connectivity index (χ2v) is 1.78. The molecule has 5 heteroatoms. The van der Waals surface area contributed by atoms with Crippen LogP contribution in [0.5, 0.6) is 5.75 Å². The number of benzene rings is 1. The smallest absolute Gasteiger partial charge is 0.194 e. The molecule has 0 aliphatic carbocycles. The van der Waals surface area contributed by atoms with E-state index in [2.05, 4.69) is 0 Å². The fourth-order valence-corrected chi connectivity index (χ4v) is 0.428. The van der Waals surface area contributed by atoms with Crippen molar-refractivity contribution in [1.82, 2.24) is 0 Å². The van der Waals surface area contributed by atoms with Crippen LogP contribution in [-0.4, -0.2) is 24.3 Å². The highest BCUT2D eigenvalue weighted by Crippen LogP contribution is 2.02. The van der Waals surface area contributed by atoms with E-state index in [0.29, 0.717) is 12.9 Å². The first kappa shape index (κ1) is 13.9. The highest BCUT2D eigenvalue weighted by molar-refractivity contribution is 5.18. The minimum atomic E-state index is -0.500. The molecule has 0 fully saturated rings. The van der Waals surface area contributed by atoms with E-state index in [9.17, 15) is 4.39 Å². The number of halogens is 1. The van der Waals surface area contributed by atoms with Crippen molar-refractivity contribution in [1.29, 1.82) is 0 Å². The average molecular weight is 189 g/mol. The molecule has 0 saturated heterocycles. The van der Waals surface area contributed by atoms with Gasteiger partial charge in [0.25, 0.3) is 0 Å². The number of phenolic OH excluding ortho intramolecular Hbond substituents is 1. The molecule has 1 N–H and O–H groups in total. The van der Waals surface area contributed by atoms with Gasteiger partial charge in [0.1, 0.15) is 5.75 Å². The maximum atomic E-state index is 9.50. The summed E-state index contributed by atoms with van der Waals surface area (Å²) in [5.74, 6) is 0.322. The first-order valence-corrected chi connectivity index (χ1v) is 3.32. The van der Waals surface area contributed by atoms with Crippen molar-refractivity contribution in [2.45, 2.75) is 0 Å². The fourth-order valence-electron chi connectivity index (χ4n) is 0.428. The topological polar surface area (TPSA) is 63.4 Å². The lowest BCUT2D eigenvalue weighted by molar-refractivity contribution is -0.445. The van der Waals surface area contributed by atoms with Gasteiger partial charge in [-0.3, -0.25) is 14.5 Å². The van der Waals surface area contributed by atoms with Crippen molar-refractivity contribution in [3.8, 4) is 5.75 Å². The van der Waals surface area contributed by atoms with E-state index >= 15 is 0 Å². The Hall–Kier alpha value is -1.65. The number of phenols is 1. The van der Waals surface area contributed by atoms with Crippen LogP contribution in [0.3, 0.4) is 0 Å². The molecule has 0 aromatic heterocycles. The molecule has 1 rings (SSSR count). The van der Waals surface area contributed by atoms with Crippen molar-refractivity contribution in [3.05, 3.63) is 40.4 Å². The molecule has 0 unspecified atom stereocenters. The number of hydrogen-bond donors (Lipinski definition) is 1. The molecular weight excluding hydrogens is 177 g/mol. The number of rotatable bonds is 0. The number of hydrogen-bond acceptors (Lipinski definition) is 3. The Morgan fingerprint density at radius 3 is 1.77 bits per heavy atom. The zero-order valence-corrected chi connectivity index (χ0v) is 7.48. The SMILES string of the molecule is CF.C[N+](=O)[O-].Oc1ccccc1. The highest BCUT2D eigenvalue weighted by Gasteiger charge is 1.74. The molecule has 0 aliphatic rings. The van der Waals surface area contributed by atoms with E-state index in [4.69, 9.17) is 15.2 Å². The molecule has 0 saturated carbocycles. The van der Waals surface area contributed by atoms with Gasteiger partial charge in [0.15, 0.2) is 7.05 Å². The summed E-state index contributed by atoms with van der Waals surface area (Å²) in [6.07, 6.45) is 0. The predicted molar refractivity (Wildman–Crippen MR) is 48.1 cm³/mol. The Balaban J connectivity index is 0.